The van der Waals surface area contributed by atoms with Crippen LogP contribution in [0.1, 0.15) is 12.8 Å². The Morgan fingerprint density at radius 3 is 2.76 bits per heavy atom. The second kappa shape index (κ2) is 5.73. The van der Waals surface area contributed by atoms with Crippen molar-refractivity contribution in [3.8, 4) is 0 Å². The van der Waals surface area contributed by atoms with Crippen molar-refractivity contribution >= 4 is 39.1 Å². The van der Waals surface area contributed by atoms with Crippen LogP contribution in [0.15, 0.2) is 22.7 Å². The molecule has 1 aliphatic heterocycles. The number of hydrogen-bond donors (Lipinski definition) is 1. The van der Waals surface area contributed by atoms with Crippen LogP contribution in [0.4, 0.5) is 11.4 Å². The second-order valence-electron chi connectivity index (χ2n) is 3.95. The van der Waals surface area contributed by atoms with E-state index in [2.05, 4.69) is 21.2 Å². The topological polar surface area (TPSA) is 55.2 Å². The van der Waals surface area contributed by atoms with Gasteiger partial charge in [-0.05, 0) is 36.5 Å². The molecule has 1 heterocycles. The van der Waals surface area contributed by atoms with Crippen molar-refractivity contribution in [2.75, 3.05) is 16.8 Å². The third-order valence-corrected chi connectivity index (χ3v) is 4.28. The molecule has 0 aliphatic carbocycles. The molecule has 0 saturated carbocycles. The molecule has 92 valence electrons. The van der Waals surface area contributed by atoms with Crippen LogP contribution in [0, 0.1) is 10.1 Å². The van der Waals surface area contributed by atoms with Gasteiger partial charge < -0.3 is 5.32 Å². The van der Waals surface area contributed by atoms with E-state index >= 15 is 0 Å². The zero-order valence-corrected chi connectivity index (χ0v) is 11.6. The summed E-state index contributed by atoms with van der Waals surface area (Å²) in [7, 11) is 0. The summed E-state index contributed by atoms with van der Waals surface area (Å²) in [5.41, 5.74) is 0.757. The molecule has 1 aromatic carbocycles. The molecule has 0 radical (unpaired) electrons. The first-order chi connectivity index (χ1) is 8.16. The molecule has 0 amide bonds. The van der Waals surface area contributed by atoms with Gasteiger partial charge in [-0.1, -0.05) is 15.9 Å². The van der Waals surface area contributed by atoms with E-state index in [-0.39, 0.29) is 10.6 Å². The molecule has 4 nitrogen and oxygen atoms in total. The van der Waals surface area contributed by atoms with E-state index < -0.39 is 0 Å². The van der Waals surface area contributed by atoms with Crippen LogP contribution < -0.4 is 5.32 Å². The highest BCUT2D eigenvalue weighted by Gasteiger charge is 2.19. The van der Waals surface area contributed by atoms with Crippen LogP contribution in [0.25, 0.3) is 0 Å². The van der Waals surface area contributed by atoms with Crippen LogP contribution in [-0.4, -0.2) is 22.5 Å². The maximum Gasteiger partial charge on any atom is 0.292 e. The first-order valence-electron chi connectivity index (χ1n) is 5.45. The van der Waals surface area contributed by atoms with Gasteiger partial charge >= 0.3 is 0 Å². The standard InChI is InChI=1S/C11H13BrN2O2S/c12-8-1-2-11(14(15)16)10(7-8)13-9-3-5-17-6-4-9/h1-2,7,9,13H,3-6H2. The van der Waals surface area contributed by atoms with Gasteiger partial charge in [0.2, 0.25) is 0 Å². The van der Waals surface area contributed by atoms with Crippen molar-refractivity contribution < 1.29 is 4.92 Å². The lowest BCUT2D eigenvalue weighted by atomic mass is 10.1. The average molecular weight is 317 g/mol. The van der Waals surface area contributed by atoms with Gasteiger partial charge in [-0.3, -0.25) is 10.1 Å². The van der Waals surface area contributed by atoms with E-state index in [0.717, 1.165) is 28.8 Å². The van der Waals surface area contributed by atoms with Crippen LogP contribution in [-0.2, 0) is 0 Å². The highest BCUT2D eigenvalue weighted by Crippen LogP contribution is 2.30. The number of anilines is 1. The molecule has 1 aliphatic rings. The predicted molar refractivity (Wildman–Crippen MR) is 74.8 cm³/mol. The number of thioether (sulfide) groups is 1. The Balaban J connectivity index is 2.17. The van der Waals surface area contributed by atoms with E-state index in [0.29, 0.717) is 11.7 Å². The van der Waals surface area contributed by atoms with Crippen LogP contribution in [0.3, 0.4) is 0 Å². The lowest BCUT2D eigenvalue weighted by Crippen LogP contribution is -2.24. The van der Waals surface area contributed by atoms with Crippen LogP contribution in [0.5, 0.6) is 0 Å². The number of nitrogens with one attached hydrogen (secondary N) is 1. The first kappa shape index (κ1) is 12.7. The van der Waals surface area contributed by atoms with E-state index in [9.17, 15) is 10.1 Å². The van der Waals surface area contributed by atoms with Crippen molar-refractivity contribution in [1.29, 1.82) is 0 Å². The number of halogens is 1. The minimum Gasteiger partial charge on any atom is -0.377 e. The third kappa shape index (κ3) is 3.35. The summed E-state index contributed by atoms with van der Waals surface area (Å²) in [5.74, 6) is 2.25. The van der Waals surface area contributed by atoms with Gasteiger partial charge in [-0.15, -0.1) is 0 Å². The fourth-order valence-electron chi connectivity index (χ4n) is 1.84. The molecule has 1 N–H and O–H groups in total. The summed E-state index contributed by atoms with van der Waals surface area (Å²) in [6, 6.07) is 5.36. The van der Waals surface area contributed by atoms with Gasteiger partial charge in [0.25, 0.3) is 5.69 Å². The smallest absolute Gasteiger partial charge is 0.292 e. The number of nitro benzene ring substituents is 1. The normalized spacial score (nSPS) is 16.8. The summed E-state index contributed by atoms with van der Waals surface area (Å²) < 4.78 is 0.857. The lowest BCUT2D eigenvalue weighted by Gasteiger charge is -2.23. The van der Waals surface area contributed by atoms with Crippen LogP contribution in [0.2, 0.25) is 0 Å². The van der Waals surface area contributed by atoms with Gasteiger partial charge in [0.15, 0.2) is 0 Å². The molecule has 0 aromatic heterocycles. The minimum atomic E-state index is -0.341. The summed E-state index contributed by atoms with van der Waals surface area (Å²) in [4.78, 5) is 10.6. The summed E-state index contributed by atoms with van der Waals surface area (Å²) in [5, 5.41) is 14.2. The summed E-state index contributed by atoms with van der Waals surface area (Å²) in [6.45, 7) is 0. The fourth-order valence-corrected chi connectivity index (χ4v) is 3.31. The van der Waals surface area contributed by atoms with Crippen LogP contribution >= 0.6 is 27.7 Å². The summed E-state index contributed by atoms with van der Waals surface area (Å²) in [6.07, 6.45) is 2.13. The zero-order chi connectivity index (χ0) is 12.3. The predicted octanol–water partition coefficient (Wildman–Crippen LogP) is 3.66. The zero-order valence-electron chi connectivity index (χ0n) is 9.19. The fraction of sp³-hybridized carbons (Fsp3) is 0.455. The van der Waals surface area contributed by atoms with E-state index in [1.54, 1.807) is 12.1 Å². The van der Waals surface area contributed by atoms with E-state index in [1.165, 1.54) is 6.07 Å². The Kier molecular flexibility index (Phi) is 4.28. The molecular weight excluding hydrogens is 304 g/mol. The maximum absolute atomic E-state index is 10.9. The number of rotatable bonds is 3. The van der Waals surface area contributed by atoms with E-state index in [4.69, 9.17) is 0 Å². The molecule has 0 unspecified atom stereocenters. The Labute approximate surface area is 112 Å². The highest BCUT2D eigenvalue weighted by atomic mass is 79.9. The van der Waals surface area contributed by atoms with Crippen molar-refractivity contribution in [2.24, 2.45) is 0 Å². The van der Waals surface area contributed by atoms with Crippen molar-refractivity contribution in [2.45, 2.75) is 18.9 Å². The van der Waals surface area contributed by atoms with Crippen molar-refractivity contribution in [3.05, 3.63) is 32.8 Å². The Bertz CT molecular complexity index is 422. The number of benzene rings is 1. The van der Waals surface area contributed by atoms with Gasteiger partial charge in [0.05, 0.1) is 4.92 Å². The molecule has 1 saturated heterocycles. The van der Waals surface area contributed by atoms with E-state index in [1.807, 2.05) is 11.8 Å². The molecule has 1 aromatic rings. The number of nitro groups is 1. The molecule has 6 heteroatoms. The summed E-state index contributed by atoms with van der Waals surface area (Å²) >= 11 is 5.28. The molecule has 17 heavy (non-hydrogen) atoms. The minimum absolute atomic E-state index is 0.145. The third-order valence-electron chi connectivity index (χ3n) is 2.74. The van der Waals surface area contributed by atoms with Gasteiger partial charge in [-0.25, -0.2) is 0 Å². The largest absolute Gasteiger partial charge is 0.377 e. The quantitative estimate of drug-likeness (QED) is 0.683. The number of nitrogens with zero attached hydrogens (tertiary/aromatic N) is 1. The average Bonchev–Trinajstić information content (AvgIpc) is 2.30. The van der Waals surface area contributed by atoms with Gasteiger partial charge in [-0.2, -0.15) is 11.8 Å². The highest BCUT2D eigenvalue weighted by molar-refractivity contribution is 9.10. The molecule has 2 rings (SSSR count). The second-order valence-corrected chi connectivity index (χ2v) is 6.09. The molecule has 1 fully saturated rings. The number of hydrogen-bond acceptors (Lipinski definition) is 4. The Hall–Kier alpha value is -0.750. The molecule has 0 spiro atoms. The van der Waals surface area contributed by atoms with Gasteiger partial charge in [0.1, 0.15) is 5.69 Å². The Morgan fingerprint density at radius 2 is 2.12 bits per heavy atom. The molecule has 0 atom stereocenters. The van der Waals surface area contributed by atoms with Crippen molar-refractivity contribution in [1.82, 2.24) is 0 Å². The maximum atomic E-state index is 10.9. The van der Waals surface area contributed by atoms with Gasteiger partial charge in [0, 0.05) is 16.6 Å². The first-order valence-corrected chi connectivity index (χ1v) is 7.40. The lowest BCUT2D eigenvalue weighted by molar-refractivity contribution is -0.384. The Morgan fingerprint density at radius 1 is 1.41 bits per heavy atom. The van der Waals surface area contributed by atoms with Crippen molar-refractivity contribution in [3.63, 3.8) is 0 Å². The molecular formula is C11H13BrN2O2S. The molecule has 0 bridgehead atoms. The SMILES string of the molecule is O=[N+]([O-])c1ccc(Br)cc1NC1CCSCC1. The monoisotopic (exact) mass is 316 g/mol.